The molecule has 1 aromatic heterocycles. The monoisotopic (exact) mass is 430 g/mol. The van der Waals surface area contributed by atoms with E-state index >= 15 is 0 Å². The fourth-order valence-electron chi connectivity index (χ4n) is 2.73. The van der Waals surface area contributed by atoms with Crippen LogP contribution in [0.15, 0.2) is 11.2 Å². The van der Waals surface area contributed by atoms with Crippen molar-refractivity contribution in [3.05, 3.63) is 11.2 Å². The summed E-state index contributed by atoms with van der Waals surface area (Å²) in [6.45, 7) is 8.77. The minimum Gasteiger partial charge on any atom is -0.353 e. The molecule has 9 nitrogen and oxygen atoms in total. The number of carbonyl (C=O) groups is 2. The number of urea groups is 1. The Hall–Kier alpha value is -1.78. The normalized spacial score (nSPS) is 16.8. The van der Waals surface area contributed by atoms with Crippen molar-refractivity contribution in [1.82, 2.24) is 25.7 Å². The van der Waals surface area contributed by atoms with E-state index in [1.165, 1.54) is 11.8 Å². The second-order valence-electron chi connectivity index (χ2n) is 6.30. The highest BCUT2D eigenvalue weighted by Gasteiger charge is 2.28. The van der Waals surface area contributed by atoms with Gasteiger partial charge in [-0.3, -0.25) is 9.63 Å². The average Bonchev–Trinajstić information content (AvgIpc) is 2.68. The van der Waals surface area contributed by atoms with Crippen LogP contribution in [0.5, 0.6) is 0 Å². The summed E-state index contributed by atoms with van der Waals surface area (Å²) in [6.07, 6.45) is 0.905. The van der Waals surface area contributed by atoms with Gasteiger partial charge >= 0.3 is 6.03 Å². The number of thioether (sulfide) groups is 1. The van der Waals surface area contributed by atoms with Crippen molar-refractivity contribution in [2.45, 2.75) is 38.4 Å². The Balaban J connectivity index is 1.97. The Bertz CT molecular complexity index is 680. The van der Waals surface area contributed by atoms with Crippen LogP contribution in [0.25, 0.3) is 0 Å². The highest BCUT2D eigenvalue weighted by Crippen LogP contribution is 2.24. The number of carbonyl (C=O) groups excluding carboxylic acids is 2. The maximum absolute atomic E-state index is 12.2. The van der Waals surface area contributed by atoms with Crippen LogP contribution in [-0.2, 0) is 9.63 Å². The number of piperazine rings is 1. The van der Waals surface area contributed by atoms with Gasteiger partial charge in [-0.25, -0.2) is 20.2 Å². The predicted octanol–water partition coefficient (Wildman–Crippen LogP) is 1.92. The van der Waals surface area contributed by atoms with Gasteiger partial charge in [0.2, 0.25) is 0 Å². The molecule has 1 saturated heterocycles. The SMILES string of the molecule is CCCNC(=O)N1CCN(c2cc(Cl)nc(SCC(=O)NOCC)n2)CC1C. The molecule has 1 aromatic rings. The molecule has 0 saturated carbocycles. The van der Waals surface area contributed by atoms with Gasteiger partial charge in [-0.05, 0) is 20.3 Å². The molecule has 3 amide bonds. The standard InChI is InChI=1S/C17H27ClN6O3S/c1-4-6-19-17(26)24-8-7-23(10-12(24)3)14-9-13(18)20-16(21-14)28-11-15(25)22-27-5-2/h9,12H,4-8,10-11H2,1-3H3,(H,19,26)(H,22,25). The van der Waals surface area contributed by atoms with Crippen molar-refractivity contribution in [2.75, 3.05) is 43.4 Å². The lowest BCUT2D eigenvalue weighted by Gasteiger charge is -2.40. The van der Waals surface area contributed by atoms with Gasteiger partial charge in [0, 0.05) is 38.3 Å². The summed E-state index contributed by atoms with van der Waals surface area (Å²) in [4.78, 5) is 41.4. The zero-order chi connectivity index (χ0) is 20.5. The van der Waals surface area contributed by atoms with E-state index in [2.05, 4.69) is 25.7 Å². The first-order valence-electron chi connectivity index (χ1n) is 9.32. The van der Waals surface area contributed by atoms with Gasteiger partial charge in [-0.15, -0.1) is 0 Å². The molecular formula is C17H27ClN6O3S. The molecule has 28 heavy (non-hydrogen) atoms. The molecule has 0 aromatic carbocycles. The van der Waals surface area contributed by atoms with Crippen LogP contribution in [0.2, 0.25) is 5.15 Å². The van der Waals surface area contributed by atoms with Gasteiger partial charge in [-0.2, -0.15) is 0 Å². The average molecular weight is 431 g/mol. The number of hydrogen-bond acceptors (Lipinski definition) is 7. The highest BCUT2D eigenvalue weighted by molar-refractivity contribution is 7.99. The summed E-state index contributed by atoms with van der Waals surface area (Å²) in [5.74, 6) is 0.548. The van der Waals surface area contributed by atoms with E-state index in [0.29, 0.717) is 48.9 Å². The second-order valence-corrected chi connectivity index (χ2v) is 7.63. The molecule has 1 unspecified atom stereocenters. The molecule has 0 bridgehead atoms. The third kappa shape index (κ3) is 6.68. The third-order valence-electron chi connectivity index (χ3n) is 4.06. The molecule has 1 atom stereocenters. The molecule has 0 radical (unpaired) electrons. The minimum atomic E-state index is -0.266. The topological polar surface area (TPSA) is 99.7 Å². The first-order chi connectivity index (χ1) is 13.4. The lowest BCUT2D eigenvalue weighted by atomic mass is 10.2. The summed E-state index contributed by atoms with van der Waals surface area (Å²) in [7, 11) is 0. The van der Waals surface area contributed by atoms with Gasteiger partial charge < -0.3 is 15.1 Å². The highest BCUT2D eigenvalue weighted by atomic mass is 35.5. The van der Waals surface area contributed by atoms with Crippen molar-refractivity contribution in [2.24, 2.45) is 0 Å². The summed E-state index contributed by atoms with van der Waals surface area (Å²) >= 11 is 7.34. The maximum atomic E-state index is 12.2. The van der Waals surface area contributed by atoms with Crippen molar-refractivity contribution >= 4 is 41.1 Å². The summed E-state index contributed by atoms with van der Waals surface area (Å²) in [6, 6.07) is 1.70. The van der Waals surface area contributed by atoms with E-state index < -0.39 is 0 Å². The molecule has 1 aliphatic heterocycles. The number of hydroxylamine groups is 1. The number of anilines is 1. The van der Waals surface area contributed by atoms with Crippen molar-refractivity contribution < 1.29 is 14.4 Å². The van der Waals surface area contributed by atoms with E-state index in [9.17, 15) is 9.59 Å². The predicted molar refractivity (Wildman–Crippen MR) is 110 cm³/mol. The summed E-state index contributed by atoms with van der Waals surface area (Å²) in [5, 5.41) is 3.65. The summed E-state index contributed by atoms with van der Waals surface area (Å²) in [5.41, 5.74) is 2.33. The Morgan fingerprint density at radius 1 is 1.36 bits per heavy atom. The maximum Gasteiger partial charge on any atom is 0.317 e. The molecule has 0 spiro atoms. The Kier molecular flexibility index (Phi) is 9.07. The molecule has 156 valence electrons. The molecule has 2 rings (SSSR count). The van der Waals surface area contributed by atoms with E-state index in [1.54, 1.807) is 13.0 Å². The van der Waals surface area contributed by atoms with Gasteiger partial charge in [0.05, 0.1) is 12.4 Å². The fourth-order valence-corrected chi connectivity index (χ4v) is 3.59. The first-order valence-corrected chi connectivity index (χ1v) is 10.7. The lowest BCUT2D eigenvalue weighted by Crippen LogP contribution is -2.56. The third-order valence-corrected chi connectivity index (χ3v) is 5.10. The molecule has 11 heteroatoms. The Labute approximate surface area is 174 Å². The zero-order valence-corrected chi connectivity index (χ0v) is 18.0. The van der Waals surface area contributed by atoms with Crippen LogP contribution in [-0.4, -0.2) is 71.4 Å². The number of amides is 3. The second kappa shape index (κ2) is 11.3. The van der Waals surface area contributed by atoms with Gasteiger partial charge in [-0.1, -0.05) is 30.3 Å². The number of nitrogens with zero attached hydrogens (tertiary/aromatic N) is 4. The summed E-state index contributed by atoms with van der Waals surface area (Å²) < 4.78 is 0. The minimum absolute atomic E-state index is 0.0346. The number of rotatable bonds is 8. The van der Waals surface area contributed by atoms with Crippen LogP contribution >= 0.6 is 23.4 Å². The van der Waals surface area contributed by atoms with E-state index in [4.69, 9.17) is 16.4 Å². The molecule has 2 N–H and O–H groups in total. The van der Waals surface area contributed by atoms with E-state index in [-0.39, 0.29) is 23.7 Å². The number of hydrogen-bond donors (Lipinski definition) is 2. The van der Waals surface area contributed by atoms with Crippen LogP contribution in [0.3, 0.4) is 0 Å². The van der Waals surface area contributed by atoms with Crippen LogP contribution in [0, 0.1) is 0 Å². The van der Waals surface area contributed by atoms with Crippen molar-refractivity contribution in [3.63, 3.8) is 0 Å². The lowest BCUT2D eigenvalue weighted by molar-refractivity contribution is -0.130. The van der Waals surface area contributed by atoms with Crippen molar-refractivity contribution in [3.8, 4) is 0 Å². The van der Waals surface area contributed by atoms with E-state index in [0.717, 1.165) is 6.42 Å². The zero-order valence-electron chi connectivity index (χ0n) is 16.4. The quantitative estimate of drug-likeness (QED) is 0.281. The largest absolute Gasteiger partial charge is 0.353 e. The number of aromatic nitrogens is 2. The molecule has 1 fully saturated rings. The molecular weight excluding hydrogens is 404 g/mol. The smallest absolute Gasteiger partial charge is 0.317 e. The van der Waals surface area contributed by atoms with Crippen LogP contribution < -0.4 is 15.7 Å². The molecule has 2 heterocycles. The van der Waals surface area contributed by atoms with Crippen molar-refractivity contribution in [1.29, 1.82) is 0 Å². The number of nitrogens with one attached hydrogen (secondary N) is 2. The molecule has 0 aliphatic carbocycles. The Morgan fingerprint density at radius 2 is 2.14 bits per heavy atom. The fraction of sp³-hybridized carbons (Fsp3) is 0.647. The van der Waals surface area contributed by atoms with Gasteiger partial charge in [0.1, 0.15) is 11.0 Å². The number of halogens is 1. The van der Waals surface area contributed by atoms with Crippen LogP contribution in [0.1, 0.15) is 27.2 Å². The van der Waals surface area contributed by atoms with Crippen LogP contribution in [0.4, 0.5) is 10.6 Å². The molecule has 1 aliphatic rings. The first kappa shape index (κ1) is 22.5. The van der Waals surface area contributed by atoms with E-state index in [1.807, 2.05) is 18.7 Å². The van der Waals surface area contributed by atoms with Gasteiger partial charge in [0.25, 0.3) is 5.91 Å². The van der Waals surface area contributed by atoms with Gasteiger partial charge in [0.15, 0.2) is 5.16 Å². The Morgan fingerprint density at radius 3 is 2.82 bits per heavy atom.